The Balaban J connectivity index is 1.37. The van der Waals surface area contributed by atoms with Gasteiger partial charge >= 0.3 is 0 Å². The van der Waals surface area contributed by atoms with Gasteiger partial charge in [0.1, 0.15) is 12.2 Å². The van der Waals surface area contributed by atoms with Gasteiger partial charge in [0, 0.05) is 0 Å². The highest BCUT2D eigenvalue weighted by Crippen LogP contribution is 2.18. The van der Waals surface area contributed by atoms with Gasteiger partial charge in [-0.3, -0.25) is 0 Å². The molecule has 2 N–H and O–H groups in total. The van der Waals surface area contributed by atoms with Crippen LogP contribution >= 0.6 is 0 Å². The van der Waals surface area contributed by atoms with Gasteiger partial charge in [0.25, 0.3) is 0 Å². The molecule has 0 aromatic heterocycles. The Morgan fingerprint density at radius 1 is 0.762 bits per heavy atom. The Kier molecular flexibility index (Phi) is 7.92. The fourth-order valence-electron chi connectivity index (χ4n) is 2.61. The highest BCUT2D eigenvalue weighted by molar-refractivity contribution is 4.64. The Morgan fingerprint density at radius 3 is 1.95 bits per heavy atom. The van der Waals surface area contributed by atoms with Gasteiger partial charge in [-0.25, -0.2) is 0 Å². The molecule has 6 heteroatoms. The van der Waals surface area contributed by atoms with Gasteiger partial charge in [0.05, 0.1) is 26.4 Å². The minimum absolute atomic E-state index is 0.0405. The van der Waals surface area contributed by atoms with Crippen LogP contribution in [0, 0.1) is 0 Å². The molecule has 2 aliphatic heterocycles. The third-order valence-corrected chi connectivity index (χ3v) is 3.84. The zero-order chi connectivity index (χ0) is 14.9. The number of rotatable bonds is 9. The summed E-state index contributed by atoms with van der Waals surface area (Å²) in [5.41, 5.74) is 0. The summed E-state index contributed by atoms with van der Waals surface area (Å²) in [6.45, 7) is 1.33. The maximum atomic E-state index is 9.23. The van der Waals surface area contributed by atoms with E-state index in [1.54, 1.807) is 0 Å². The van der Waals surface area contributed by atoms with Crippen LogP contribution in [0.15, 0.2) is 0 Å². The summed E-state index contributed by atoms with van der Waals surface area (Å²) < 4.78 is 21.7. The van der Waals surface area contributed by atoms with Crippen LogP contribution in [-0.2, 0) is 18.9 Å². The lowest BCUT2D eigenvalue weighted by molar-refractivity contribution is -0.218. The largest absolute Gasteiger partial charge is 0.394 e. The second kappa shape index (κ2) is 9.71. The first-order valence-corrected chi connectivity index (χ1v) is 8.07. The van der Waals surface area contributed by atoms with Crippen LogP contribution in [0.1, 0.15) is 44.9 Å². The normalized spacial score (nSPS) is 33.4. The number of ether oxygens (including phenoxy) is 4. The van der Waals surface area contributed by atoms with Crippen LogP contribution in [0.3, 0.4) is 0 Å². The fraction of sp³-hybridized carbons (Fsp3) is 1.00. The van der Waals surface area contributed by atoms with Crippen LogP contribution in [0.4, 0.5) is 0 Å². The zero-order valence-electron chi connectivity index (χ0n) is 12.6. The van der Waals surface area contributed by atoms with E-state index >= 15 is 0 Å². The molecule has 0 aromatic carbocycles. The summed E-state index contributed by atoms with van der Waals surface area (Å²) in [5.74, 6) is 0. The van der Waals surface area contributed by atoms with Gasteiger partial charge in [-0.05, 0) is 25.7 Å². The molecular weight excluding hydrogens is 276 g/mol. The molecule has 0 saturated carbocycles. The van der Waals surface area contributed by atoms with Crippen LogP contribution in [0.5, 0.6) is 0 Å². The highest BCUT2D eigenvalue weighted by atomic mass is 16.7. The highest BCUT2D eigenvalue weighted by Gasteiger charge is 2.24. The fourth-order valence-corrected chi connectivity index (χ4v) is 2.61. The van der Waals surface area contributed by atoms with Crippen LogP contribution < -0.4 is 0 Å². The average Bonchev–Trinajstić information content (AvgIpc) is 2.96. The van der Waals surface area contributed by atoms with Gasteiger partial charge in [-0.1, -0.05) is 19.3 Å². The standard InChI is InChI=1S/C15H28O6/c16-8-13-11-20-15(21-13)7-5-3-1-2-4-6-14-18-9-12(17)10-19-14/h12-17H,1-11H2. The maximum Gasteiger partial charge on any atom is 0.158 e. The number of hydrogen-bond acceptors (Lipinski definition) is 6. The topological polar surface area (TPSA) is 77.4 Å². The van der Waals surface area contributed by atoms with E-state index in [2.05, 4.69) is 0 Å². The molecule has 2 fully saturated rings. The van der Waals surface area contributed by atoms with Crippen molar-refractivity contribution < 1.29 is 29.2 Å². The lowest BCUT2D eigenvalue weighted by Gasteiger charge is -2.26. The molecule has 124 valence electrons. The third-order valence-electron chi connectivity index (χ3n) is 3.84. The molecule has 2 saturated heterocycles. The van der Waals surface area contributed by atoms with E-state index in [0.717, 1.165) is 38.5 Å². The zero-order valence-corrected chi connectivity index (χ0v) is 12.6. The number of aliphatic hydroxyl groups excluding tert-OH is 2. The van der Waals surface area contributed by atoms with Crippen molar-refractivity contribution in [3.8, 4) is 0 Å². The summed E-state index contributed by atoms with van der Waals surface area (Å²) in [7, 11) is 0. The Labute approximate surface area is 126 Å². The maximum absolute atomic E-state index is 9.23. The first kappa shape index (κ1) is 17.1. The molecule has 2 aliphatic rings. The first-order chi connectivity index (χ1) is 10.3. The molecule has 2 unspecified atom stereocenters. The van der Waals surface area contributed by atoms with E-state index in [-0.39, 0.29) is 25.3 Å². The molecule has 0 amide bonds. The molecule has 0 spiro atoms. The van der Waals surface area contributed by atoms with E-state index in [4.69, 9.17) is 24.1 Å². The lowest BCUT2D eigenvalue weighted by Crippen LogP contribution is -2.35. The summed E-state index contributed by atoms with van der Waals surface area (Å²) >= 11 is 0. The lowest BCUT2D eigenvalue weighted by atomic mass is 10.1. The predicted molar refractivity (Wildman–Crippen MR) is 75.7 cm³/mol. The third kappa shape index (κ3) is 6.59. The van der Waals surface area contributed by atoms with E-state index < -0.39 is 6.10 Å². The SMILES string of the molecule is OCC1COC(CCCCCCCC2OCC(O)CO2)O1. The number of aliphatic hydroxyl groups is 2. The second-order valence-electron chi connectivity index (χ2n) is 5.80. The quantitative estimate of drug-likeness (QED) is 0.623. The number of hydrogen-bond donors (Lipinski definition) is 2. The van der Waals surface area contributed by atoms with Gasteiger partial charge in [0.15, 0.2) is 12.6 Å². The monoisotopic (exact) mass is 304 g/mol. The smallest absolute Gasteiger partial charge is 0.158 e. The second-order valence-corrected chi connectivity index (χ2v) is 5.80. The summed E-state index contributed by atoms with van der Waals surface area (Å²) in [5, 5.41) is 18.2. The van der Waals surface area contributed by atoms with Crippen molar-refractivity contribution in [2.75, 3.05) is 26.4 Å². The average molecular weight is 304 g/mol. The van der Waals surface area contributed by atoms with E-state index in [0.29, 0.717) is 19.8 Å². The molecular formula is C15H28O6. The Morgan fingerprint density at radius 2 is 1.33 bits per heavy atom. The number of unbranched alkanes of at least 4 members (excludes halogenated alkanes) is 4. The van der Waals surface area contributed by atoms with Crippen molar-refractivity contribution in [2.24, 2.45) is 0 Å². The summed E-state index contributed by atoms with van der Waals surface area (Å²) in [6.07, 6.45) is 6.64. The van der Waals surface area contributed by atoms with Crippen LogP contribution in [0.2, 0.25) is 0 Å². The van der Waals surface area contributed by atoms with E-state index in [9.17, 15) is 5.11 Å². The molecule has 2 rings (SSSR count). The van der Waals surface area contributed by atoms with Crippen molar-refractivity contribution in [3.63, 3.8) is 0 Å². The Hall–Kier alpha value is -0.240. The summed E-state index contributed by atoms with van der Waals surface area (Å²) in [6, 6.07) is 0. The predicted octanol–water partition coefficient (Wildman–Crippen LogP) is 1.18. The molecule has 0 aromatic rings. The summed E-state index contributed by atoms with van der Waals surface area (Å²) in [4.78, 5) is 0. The van der Waals surface area contributed by atoms with Crippen molar-refractivity contribution in [1.29, 1.82) is 0 Å². The molecule has 2 heterocycles. The minimum Gasteiger partial charge on any atom is -0.394 e. The Bertz CT molecular complexity index is 261. The van der Waals surface area contributed by atoms with Crippen molar-refractivity contribution >= 4 is 0 Å². The minimum atomic E-state index is -0.466. The molecule has 6 nitrogen and oxygen atoms in total. The first-order valence-electron chi connectivity index (χ1n) is 8.07. The van der Waals surface area contributed by atoms with Crippen molar-refractivity contribution in [1.82, 2.24) is 0 Å². The van der Waals surface area contributed by atoms with Gasteiger partial charge in [-0.2, -0.15) is 0 Å². The van der Waals surface area contributed by atoms with Crippen molar-refractivity contribution in [2.45, 2.75) is 69.7 Å². The molecule has 0 bridgehead atoms. The van der Waals surface area contributed by atoms with Gasteiger partial charge < -0.3 is 29.2 Å². The molecule has 0 radical (unpaired) electrons. The van der Waals surface area contributed by atoms with Crippen molar-refractivity contribution in [3.05, 3.63) is 0 Å². The van der Waals surface area contributed by atoms with E-state index in [1.165, 1.54) is 6.42 Å². The molecule has 2 atom stereocenters. The van der Waals surface area contributed by atoms with Crippen LogP contribution in [0.25, 0.3) is 0 Å². The molecule has 0 aliphatic carbocycles. The molecule has 21 heavy (non-hydrogen) atoms. The van der Waals surface area contributed by atoms with Gasteiger partial charge in [-0.15, -0.1) is 0 Å². The van der Waals surface area contributed by atoms with Crippen LogP contribution in [-0.4, -0.2) is 61.4 Å². The van der Waals surface area contributed by atoms with Gasteiger partial charge in [0.2, 0.25) is 0 Å². The van der Waals surface area contributed by atoms with E-state index in [1.807, 2.05) is 0 Å².